The van der Waals surface area contributed by atoms with Crippen molar-refractivity contribution in [3.05, 3.63) is 41.5 Å². The number of furan rings is 1. The van der Waals surface area contributed by atoms with Crippen LogP contribution in [0.5, 0.6) is 0 Å². The molecular weight excluding hydrogens is 204 g/mol. The molecule has 0 aliphatic heterocycles. The second-order valence-corrected chi connectivity index (χ2v) is 3.69. The quantitative estimate of drug-likeness (QED) is 0.840. The van der Waals surface area contributed by atoms with Crippen LogP contribution in [0.15, 0.2) is 27.2 Å². The Labute approximate surface area is 94.7 Å². The van der Waals surface area contributed by atoms with E-state index in [1.165, 1.54) is 0 Å². The maximum atomic E-state index is 5.47. The fourth-order valence-electron chi connectivity index (χ4n) is 1.47. The highest BCUT2D eigenvalue weighted by Crippen LogP contribution is 2.07. The molecule has 1 N–H and O–H groups in total. The molecule has 0 aliphatic carbocycles. The van der Waals surface area contributed by atoms with Crippen LogP contribution in [-0.2, 0) is 19.5 Å². The van der Waals surface area contributed by atoms with Gasteiger partial charge in [-0.25, -0.2) is 4.98 Å². The zero-order valence-electron chi connectivity index (χ0n) is 9.62. The third-order valence-corrected chi connectivity index (χ3v) is 2.32. The summed E-state index contributed by atoms with van der Waals surface area (Å²) in [5.41, 5.74) is 0. The van der Waals surface area contributed by atoms with Gasteiger partial charge in [0.15, 0.2) is 0 Å². The zero-order valence-corrected chi connectivity index (χ0v) is 9.62. The van der Waals surface area contributed by atoms with E-state index in [9.17, 15) is 0 Å². The molecule has 0 spiro atoms. The van der Waals surface area contributed by atoms with Crippen LogP contribution in [0, 0.1) is 6.92 Å². The number of aromatic nitrogens is 1. The molecular formula is C12H16N2O2. The van der Waals surface area contributed by atoms with Crippen molar-refractivity contribution in [2.24, 2.45) is 0 Å². The highest BCUT2D eigenvalue weighted by Gasteiger charge is 2.02. The first-order valence-corrected chi connectivity index (χ1v) is 5.47. The second-order valence-electron chi connectivity index (χ2n) is 3.69. The highest BCUT2D eigenvalue weighted by molar-refractivity contribution is 5.05. The van der Waals surface area contributed by atoms with Gasteiger partial charge in [-0.2, -0.15) is 0 Å². The zero-order chi connectivity index (χ0) is 11.4. The summed E-state index contributed by atoms with van der Waals surface area (Å²) in [6, 6.07) is 3.92. The average Bonchev–Trinajstić information content (AvgIpc) is 2.88. The molecule has 0 radical (unpaired) electrons. The lowest BCUT2D eigenvalue weighted by molar-refractivity contribution is 0.419. The summed E-state index contributed by atoms with van der Waals surface area (Å²) < 4.78 is 10.9. The van der Waals surface area contributed by atoms with Crippen molar-refractivity contribution in [2.75, 3.05) is 0 Å². The van der Waals surface area contributed by atoms with Crippen LogP contribution in [-0.4, -0.2) is 4.98 Å². The number of hydrogen-bond acceptors (Lipinski definition) is 4. The van der Waals surface area contributed by atoms with Gasteiger partial charge in [-0.3, -0.25) is 0 Å². The minimum atomic E-state index is 0.625. The molecule has 0 amide bonds. The van der Waals surface area contributed by atoms with Crippen molar-refractivity contribution >= 4 is 0 Å². The molecule has 0 atom stereocenters. The van der Waals surface area contributed by atoms with Crippen molar-refractivity contribution in [1.82, 2.24) is 10.3 Å². The molecule has 0 saturated heterocycles. The van der Waals surface area contributed by atoms with Gasteiger partial charge < -0.3 is 14.2 Å². The SMILES string of the molecule is CCc1cnc(CNCc2ccc(C)o2)o1. The van der Waals surface area contributed by atoms with Crippen LogP contribution in [0.2, 0.25) is 0 Å². The van der Waals surface area contributed by atoms with E-state index in [-0.39, 0.29) is 0 Å². The number of rotatable bonds is 5. The van der Waals surface area contributed by atoms with Crippen molar-refractivity contribution in [2.45, 2.75) is 33.4 Å². The molecule has 2 rings (SSSR count). The molecule has 0 aliphatic rings. The van der Waals surface area contributed by atoms with E-state index in [1.54, 1.807) is 6.20 Å². The molecule has 4 heteroatoms. The standard InChI is InChI=1S/C12H16N2O2/c1-3-10-7-14-12(16-10)8-13-6-11-5-4-9(2)15-11/h4-5,7,13H,3,6,8H2,1-2H3. The predicted molar refractivity (Wildman–Crippen MR) is 59.9 cm³/mol. The van der Waals surface area contributed by atoms with Crippen LogP contribution in [0.3, 0.4) is 0 Å². The first-order valence-electron chi connectivity index (χ1n) is 5.47. The number of nitrogens with one attached hydrogen (secondary N) is 1. The number of aryl methyl sites for hydroxylation is 2. The molecule has 0 bridgehead atoms. The predicted octanol–water partition coefficient (Wildman–Crippen LogP) is 2.43. The Morgan fingerprint density at radius 2 is 2.06 bits per heavy atom. The largest absolute Gasteiger partial charge is 0.465 e. The Bertz CT molecular complexity index is 445. The Kier molecular flexibility index (Phi) is 3.41. The van der Waals surface area contributed by atoms with Gasteiger partial charge in [-0.15, -0.1) is 0 Å². The van der Waals surface area contributed by atoms with Gasteiger partial charge in [0.2, 0.25) is 5.89 Å². The molecule has 2 aromatic heterocycles. The van der Waals surface area contributed by atoms with Crippen LogP contribution < -0.4 is 5.32 Å². The second kappa shape index (κ2) is 4.99. The Morgan fingerprint density at radius 1 is 1.19 bits per heavy atom. The Hall–Kier alpha value is -1.55. The summed E-state index contributed by atoms with van der Waals surface area (Å²) in [6.07, 6.45) is 2.65. The minimum absolute atomic E-state index is 0.625. The summed E-state index contributed by atoms with van der Waals surface area (Å²) >= 11 is 0. The summed E-state index contributed by atoms with van der Waals surface area (Å²) in [6.45, 7) is 5.30. The minimum Gasteiger partial charge on any atom is -0.465 e. The van der Waals surface area contributed by atoms with Crippen molar-refractivity contribution in [1.29, 1.82) is 0 Å². The average molecular weight is 220 g/mol. The third kappa shape index (κ3) is 2.73. The topological polar surface area (TPSA) is 51.2 Å². The number of oxazole rings is 1. The normalized spacial score (nSPS) is 10.9. The molecule has 0 aromatic carbocycles. The van der Waals surface area contributed by atoms with E-state index in [2.05, 4.69) is 10.3 Å². The van der Waals surface area contributed by atoms with E-state index in [0.717, 1.165) is 29.6 Å². The van der Waals surface area contributed by atoms with E-state index < -0.39 is 0 Å². The smallest absolute Gasteiger partial charge is 0.208 e. The van der Waals surface area contributed by atoms with Gasteiger partial charge in [0, 0.05) is 6.42 Å². The maximum absolute atomic E-state index is 5.47. The molecule has 2 aromatic rings. The van der Waals surface area contributed by atoms with Gasteiger partial charge in [0.1, 0.15) is 17.3 Å². The Balaban J connectivity index is 1.79. The lowest BCUT2D eigenvalue weighted by atomic mass is 10.4. The molecule has 86 valence electrons. The molecule has 16 heavy (non-hydrogen) atoms. The lowest BCUT2D eigenvalue weighted by Gasteiger charge is -1.98. The first-order chi connectivity index (χ1) is 7.78. The molecule has 4 nitrogen and oxygen atoms in total. The van der Waals surface area contributed by atoms with Gasteiger partial charge in [-0.1, -0.05) is 6.92 Å². The fourth-order valence-corrected chi connectivity index (χ4v) is 1.47. The van der Waals surface area contributed by atoms with Crippen LogP contribution >= 0.6 is 0 Å². The van der Waals surface area contributed by atoms with Crippen molar-refractivity contribution in [3.8, 4) is 0 Å². The lowest BCUT2D eigenvalue weighted by Crippen LogP contribution is -2.12. The van der Waals surface area contributed by atoms with Crippen LogP contribution in [0.1, 0.15) is 30.1 Å². The molecule has 0 unspecified atom stereocenters. The number of nitrogens with zero attached hydrogens (tertiary/aromatic N) is 1. The third-order valence-electron chi connectivity index (χ3n) is 2.32. The van der Waals surface area contributed by atoms with Gasteiger partial charge in [0.05, 0.1) is 19.3 Å². The van der Waals surface area contributed by atoms with Crippen LogP contribution in [0.25, 0.3) is 0 Å². The molecule has 0 fully saturated rings. The van der Waals surface area contributed by atoms with Gasteiger partial charge in [-0.05, 0) is 19.1 Å². The molecule has 0 saturated carbocycles. The fraction of sp³-hybridized carbons (Fsp3) is 0.417. The first kappa shape index (κ1) is 11.0. The maximum Gasteiger partial charge on any atom is 0.208 e. The van der Waals surface area contributed by atoms with Gasteiger partial charge in [0.25, 0.3) is 0 Å². The van der Waals surface area contributed by atoms with Gasteiger partial charge >= 0.3 is 0 Å². The van der Waals surface area contributed by atoms with E-state index in [0.29, 0.717) is 13.1 Å². The summed E-state index contributed by atoms with van der Waals surface area (Å²) in [7, 11) is 0. The van der Waals surface area contributed by atoms with E-state index >= 15 is 0 Å². The monoisotopic (exact) mass is 220 g/mol. The van der Waals surface area contributed by atoms with Crippen molar-refractivity contribution < 1.29 is 8.83 Å². The van der Waals surface area contributed by atoms with Crippen LogP contribution in [0.4, 0.5) is 0 Å². The van der Waals surface area contributed by atoms with Crippen molar-refractivity contribution in [3.63, 3.8) is 0 Å². The Morgan fingerprint density at radius 3 is 2.69 bits per heavy atom. The summed E-state index contributed by atoms with van der Waals surface area (Å²) in [5.74, 6) is 3.51. The summed E-state index contributed by atoms with van der Waals surface area (Å²) in [4.78, 5) is 4.16. The van der Waals surface area contributed by atoms with E-state index in [4.69, 9.17) is 8.83 Å². The molecule has 2 heterocycles. The number of hydrogen-bond donors (Lipinski definition) is 1. The highest BCUT2D eigenvalue weighted by atomic mass is 16.4. The summed E-state index contributed by atoms with van der Waals surface area (Å²) in [5, 5.41) is 3.22. The van der Waals surface area contributed by atoms with E-state index in [1.807, 2.05) is 26.0 Å².